The number of nitrogens with zero attached hydrogens (tertiary/aromatic N) is 3. The van der Waals surface area contributed by atoms with Crippen LogP contribution in [-0.2, 0) is 11.2 Å². The lowest BCUT2D eigenvalue weighted by Gasteiger charge is -2.05. The van der Waals surface area contributed by atoms with Crippen molar-refractivity contribution >= 4 is 22.8 Å². The van der Waals surface area contributed by atoms with Crippen LogP contribution in [0.25, 0.3) is 33.8 Å². The van der Waals surface area contributed by atoms with Crippen molar-refractivity contribution in [3.8, 4) is 28.6 Å². The van der Waals surface area contributed by atoms with Crippen LogP contribution in [0.5, 0.6) is 5.75 Å². The number of nitrogens with one attached hydrogen (secondary N) is 1. The molecule has 3 heterocycles. The minimum absolute atomic E-state index is 0.174. The predicted octanol–water partition coefficient (Wildman–Crippen LogP) is 5.16. The second-order valence-corrected chi connectivity index (χ2v) is 8.18. The standard InChI is InChI=1S/C25H20N4O4.C2HF3O2/c1-31-19-7-4-17(5-8-19)25-28-21(15-32-25)23-20-13-18(6-9-22(20)33-29-23)24(30)27-12-10-16-3-2-11-26-14-16;3-2(4,5)1(6)7/h2-9,11,13-15H,10,12H2,1H3,(H,27,30);(H,6,7). The lowest BCUT2D eigenvalue weighted by Crippen LogP contribution is -2.25. The minimum atomic E-state index is -5.08. The number of oxazole rings is 1. The number of pyridine rings is 1. The molecule has 0 unspecified atom stereocenters. The highest BCUT2D eigenvalue weighted by Crippen LogP contribution is 2.31. The van der Waals surface area contributed by atoms with Crippen molar-refractivity contribution in [3.63, 3.8) is 0 Å². The average Bonchev–Trinajstić information content (AvgIpc) is 3.60. The van der Waals surface area contributed by atoms with Crippen molar-refractivity contribution in [2.24, 2.45) is 0 Å². The number of halogens is 3. The Hall–Kier alpha value is -5.20. The van der Waals surface area contributed by atoms with Crippen molar-refractivity contribution in [2.75, 3.05) is 13.7 Å². The Morgan fingerprint density at radius 1 is 1.10 bits per heavy atom. The summed E-state index contributed by atoms with van der Waals surface area (Å²) in [5, 5.41) is 14.9. The molecule has 1 amide bonds. The average molecular weight is 554 g/mol. The first-order chi connectivity index (χ1) is 19.2. The highest BCUT2D eigenvalue weighted by Gasteiger charge is 2.38. The van der Waals surface area contributed by atoms with Crippen LogP contribution in [0, 0.1) is 0 Å². The number of fused-ring (bicyclic) bond motifs is 1. The summed E-state index contributed by atoms with van der Waals surface area (Å²) in [5.41, 5.74) is 3.98. The quantitative estimate of drug-likeness (QED) is 0.279. The molecule has 0 radical (unpaired) electrons. The van der Waals surface area contributed by atoms with Crippen LogP contribution >= 0.6 is 0 Å². The third kappa shape index (κ3) is 6.81. The van der Waals surface area contributed by atoms with Gasteiger partial charge in [0.2, 0.25) is 5.89 Å². The summed E-state index contributed by atoms with van der Waals surface area (Å²) in [5.74, 6) is -1.73. The van der Waals surface area contributed by atoms with Gasteiger partial charge in [0.05, 0.1) is 12.5 Å². The van der Waals surface area contributed by atoms with Crippen molar-refractivity contribution in [1.82, 2.24) is 20.4 Å². The van der Waals surface area contributed by atoms with Crippen LogP contribution in [0.15, 0.2) is 82.2 Å². The number of aromatic nitrogens is 3. The van der Waals surface area contributed by atoms with Crippen LogP contribution in [0.3, 0.4) is 0 Å². The molecule has 40 heavy (non-hydrogen) atoms. The third-order valence-electron chi connectivity index (χ3n) is 5.48. The van der Waals surface area contributed by atoms with Crippen molar-refractivity contribution in [3.05, 3.63) is 84.4 Å². The van der Waals surface area contributed by atoms with Crippen LogP contribution in [0.4, 0.5) is 13.2 Å². The largest absolute Gasteiger partial charge is 0.497 e. The number of methoxy groups -OCH3 is 1. The Balaban J connectivity index is 0.000000470. The van der Waals surface area contributed by atoms with E-state index in [1.807, 2.05) is 36.4 Å². The normalized spacial score (nSPS) is 11.0. The number of alkyl halides is 3. The van der Waals surface area contributed by atoms with Crippen LogP contribution in [0.2, 0.25) is 0 Å². The summed E-state index contributed by atoms with van der Waals surface area (Å²) in [4.78, 5) is 30.2. The van der Waals surface area contributed by atoms with Gasteiger partial charge < -0.3 is 24.1 Å². The Morgan fingerprint density at radius 3 is 2.50 bits per heavy atom. The SMILES string of the molecule is COc1ccc(-c2nc(-c3noc4ccc(C(=O)NCCc5cccnc5)cc34)co2)cc1.O=C(O)C(F)(F)F. The van der Waals surface area contributed by atoms with E-state index in [0.717, 1.165) is 16.9 Å². The van der Waals surface area contributed by atoms with E-state index < -0.39 is 12.1 Å². The van der Waals surface area contributed by atoms with E-state index in [4.69, 9.17) is 23.6 Å². The number of carboxylic acids is 1. The number of hydrogen-bond acceptors (Lipinski definition) is 8. The number of rotatable bonds is 7. The Kier molecular flexibility index (Phi) is 8.42. The molecule has 206 valence electrons. The Bertz CT molecular complexity index is 1600. The summed E-state index contributed by atoms with van der Waals surface area (Å²) in [6.45, 7) is 0.508. The lowest BCUT2D eigenvalue weighted by atomic mass is 10.1. The van der Waals surface area contributed by atoms with E-state index in [1.54, 1.807) is 37.7 Å². The summed E-state index contributed by atoms with van der Waals surface area (Å²) in [6.07, 6.45) is 0.660. The molecule has 5 aromatic rings. The van der Waals surface area contributed by atoms with E-state index in [2.05, 4.69) is 20.4 Å². The fourth-order valence-corrected chi connectivity index (χ4v) is 3.48. The molecule has 2 aromatic carbocycles. The maximum absolute atomic E-state index is 12.7. The van der Waals surface area contributed by atoms with Gasteiger partial charge >= 0.3 is 12.1 Å². The number of carbonyl (C=O) groups excluding carboxylic acids is 1. The Labute approximate surface area is 224 Å². The van der Waals surface area contributed by atoms with Gasteiger partial charge in [-0.3, -0.25) is 9.78 Å². The van der Waals surface area contributed by atoms with Crippen LogP contribution in [-0.4, -0.2) is 51.9 Å². The molecule has 0 spiro atoms. The topological polar surface area (TPSA) is 141 Å². The van der Waals surface area contributed by atoms with Gasteiger partial charge in [-0.2, -0.15) is 13.2 Å². The second-order valence-electron chi connectivity index (χ2n) is 8.18. The first-order valence-electron chi connectivity index (χ1n) is 11.6. The second kappa shape index (κ2) is 12.1. The van der Waals surface area contributed by atoms with E-state index in [-0.39, 0.29) is 5.91 Å². The minimum Gasteiger partial charge on any atom is -0.497 e. The molecule has 0 bridgehead atoms. The highest BCUT2D eigenvalue weighted by atomic mass is 19.4. The highest BCUT2D eigenvalue weighted by molar-refractivity contribution is 6.00. The predicted molar refractivity (Wildman–Crippen MR) is 135 cm³/mol. The summed E-state index contributed by atoms with van der Waals surface area (Å²) >= 11 is 0. The third-order valence-corrected chi connectivity index (χ3v) is 5.48. The number of ether oxygens (including phenoxy) is 1. The van der Waals surface area contributed by atoms with Crippen LogP contribution in [0.1, 0.15) is 15.9 Å². The number of carbonyl (C=O) groups is 2. The molecule has 0 fully saturated rings. The molecule has 0 saturated heterocycles. The fraction of sp³-hybridized carbons (Fsp3) is 0.148. The molecule has 0 aliphatic heterocycles. The number of benzene rings is 2. The molecule has 0 aliphatic carbocycles. The molecule has 2 N–H and O–H groups in total. The number of amides is 1. The van der Waals surface area contributed by atoms with Gasteiger partial charge in [-0.25, -0.2) is 9.78 Å². The molecule has 13 heteroatoms. The Morgan fingerprint density at radius 2 is 1.85 bits per heavy atom. The molecular formula is C27H21F3N4O6. The maximum atomic E-state index is 12.7. The van der Waals surface area contributed by atoms with Crippen molar-refractivity contribution < 1.29 is 41.5 Å². The summed E-state index contributed by atoms with van der Waals surface area (Å²) in [6, 6.07) is 16.5. The zero-order chi connectivity index (χ0) is 28.7. The first-order valence-corrected chi connectivity index (χ1v) is 11.6. The van der Waals surface area contributed by atoms with Gasteiger partial charge in [-0.05, 0) is 60.5 Å². The number of hydrogen-bond donors (Lipinski definition) is 2. The number of aliphatic carboxylic acids is 1. The molecule has 10 nitrogen and oxygen atoms in total. The van der Waals surface area contributed by atoms with Gasteiger partial charge in [0.25, 0.3) is 5.91 Å². The maximum Gasteiger partial charge on any atom is 0.490 e. The first kappa shape index (κ1) is 27.8. The van der Waals surface area contributed by atoms with Gasteiger partial charge in [0.1, 0.15) is 23.4 Å². The van der Waals surface area contributed by atoms with E-state index in [0.29, 0.717) is 46.8 Å². The summed E-state index contributed by atoms with van der Waals surface area (Å²) in [7, 11) is 1.61. The van der Waals surface area contributed by atoms with E-state index in [9.17, 15) is 18.0 Å². The molecule has 0 atom stereocenters. The molecule has 5 rings (SSSR count). The molecular weight excluding hydrogens is 533 g/mol. The van der Waals surface area contributed by atoms with Gasteiger partial charge in [0.15, 0.2) is 5.58 Å². The fourth-order valence-electron chi connectivity index (χ4n) is 3.48. The lowest BCUT2D eigenvalue weighted by molar-refractivity contribution is -0.192. The van der Waals surface area contributed by atoms with E-state index >= 15 is 0 Å². The van der Waals surface area contributed by atoms with Crippen LogP contribution < -0.4 is 10.1 Å². The monoisotopic (exact) mass is 554 g/mol. The molecule has 3 aromatic heterocycles. The number of carboxylic acid groups (broad SMARTS) is 1. The smallest absolute Gasteiger partial charge is 0.490 e. The van der Waals surface area contributed by atoms with Gasteiger partial charge in [-0.1, -0.05) is 11.2 Å². The van der Waals surface area contributed by atoms with Gasteiger partial charge in [0, 0.05) is 30.1 Å². The molecule has 0 saturated carbocycles. The van der Waals surface area contributed by atoms with Crippen molar-refractivity contribution in [1.29, 1.82) is 0 Å². The molecule has 0 aliphatic rings. The van der Waals surface area contributed by atoms with Crippen molar-refractivity contribution in [2.45, 2.75) is 12.6 Å². The zero-order valence-electron chi connectivity index (χ0n) is 20.8. The zero-order valence-corrected chi connectivity index (χ0v) is 20.8. The van der Waals surface area contributed by atoms with Gasteiger partial charge in [-0.15, -0.1) is 0 Å². The van der Waals surface area contributed by atoms with E-state index in [1.165, 1.54) is 6.26 Å². The summed E-state index contributed by atoms with van der Waals surface area (Å²) < 4.78 is 48.0.